The number of phenols is 1. The standard InChI is InChI=1S/C24H27N3O7/c1-12-9-10-15(33-12)17(16-11-32-24(2,3)34-16)26-19-18(21(29)22(19)30)25-14-8-6-7-13(20(14)28)23(31)27(4)5/h6-10,16-17,25-26,28H,11H2,1-5H3/t16-,17?/m0/s1. The van der Waals surface area contributed by atoms with Crippen LogP contribution in [0.1, 0.15) is 41.8 Å². The molecule has 3 aromatic rings. The highest BCUT2D eigenvalue weighted by atomic mass is 16.7. The molecule has 1 aliphatic heterocycles. The predicted octanol–water partition coefficient (Wildman–Crippen LogP) is 2.64. The second kappa shape index (κ2) is 8.62. The fourth-order valence-electron chi connectivity index (χ4n) is 3.84. The quantitative estimate of drug-likeness (QED) is 0.353. The zero-order chi connectivity index (χ0) is 24.8. The number of aryl methyl sites for hydroxylation is 1. The van der Waals surface area contributed by atoms with Crippen LogP contribution in [0, 0.1) is 6.92 Å². The molecule has 1 fully saturated rings. The van der Waals surface area contributed by atoms with Crippen LogP contribution in [0.3, 0.4) is 0 Å². The Morgan fingerprint density at radius 3 is 2.44 bits per heavy atom. The lowest BCUT2D eigenvalue weighted by Crippen LogP contribution is -2.40. The molecule has 4 rings (SSSR count). The normalized spacial score (nSPS) is 18.1. The number of carbonyl (C=O) groups is 1. The summed E-state index contributed by atoms with van der Waals surface area (Å²) in [5.74, 6) is -0.349. The molecule has 10 heteroatoms. The van der Waals surface area contributed by atoms with Gasteiger partial charge in [-0.15, -0.1) is 0 Å². The van der Waals surface area contributed by atoms with Gasteiger partial charge in [-0.3, -0.25) is 14.4 Å². The van der Waals surface area contributed by atoms with Crippen molar-refractivity contribution in [3.8, 4) is 5.75 Å². The van der Waals surface area contributed by atoms with E-state index in [-0.39, 0.29) is 35.0 Å². The van der Waals surface area contributed by atoms with Gasteiger partial charge >= 0.3 is 0 Å². The third-order valence-electron chi connectivity index (χ3n) is 5.61. The van der Waals surface area contributed by atoms with Gasteiger partial charge in [0.05, 0.1) is 17.9 Å². The van der Waals surface area contributed by atoms with E-state index in [1.165, 1.54) is 17.0 Å². The fraction of sp³-hybridized carbons (Fsp3) is 0.375. The minimum atomic E-state index is -0.813. The third kappa shape index (κ3) is 4.29. The summed E-state index contributed by atoms with van der Waals surface area (Å²) in [5, 5.41) is 16.5. The molecule has 1 aromatic heterocycles. The summed E-state index contributed by atoms with van der Waals surface area (Å²) in [6.07, 6.45) is -0.493. The Morgan fingerprint density at radius 1 is 1.15 bits per heavy atom. The number of hydrogen-bond acceptors (Lipinski definition) is 9. The molecular weight excluding hydrogens is 442 g/mol. The maximum Gasteiger partial charge on any atom is 0.257 e. The van der Waals surface area contributed by atoms with Crippen LogP contribution >= 0.6 is 0 Å². The van der Waals surface area contributed by atoms with E-state index < -0.39 is 34.7 Å². The molecule has 0 aliphatic carbocycles. The highest BCUT2D eigenvalue weighted by molar-refractivity contribution is 5.99. The molecule has 3 N–H and O–H groups in total. The van der Waals surface area contributed by atoms with Crippen molar-refractivity contribution in [1.29, 1.82) is 0 Å². The monoisotopic (exact) mass is 469 g/mol. The Bertz CT molecular complexity index is 1300. The molecule has 0 bridgehead atoms. The number of furan rings is 1. The van der Waals surface area contributed by atoms with Crippen molar-refractivity contribution in [2.75, 3.05) is 31.3 Å². The number of aromatic hydroxyl groups is 1. The molecule has 2 aromatic carbocycles. The van der Waals surface area contributed by atoms with Gasteiger partial charge in [-0.1, -0.05) is 6.07 Å². The molecular formula is C24H27N3O7. The van der Waals surface area contributed by atoms with Gasteiger partial charge in [0.15, 0.2) is 11.5 Å². The van der Waals surface area contributed by atoms with Crippen LogP contribution in [0.15, 0.2) is 44.3 Å². The van der Waals surface area contributed by atoms with E-state index in [0.29, 0.717) is 11.5 Å². The van der Waals surface area contributed by atoms with E-state index in [0.717, 1.165) is 0 Å². The highest BCUT2D eigenvalue weighted by Gasteiger charge is 2.40. The molecule has 1 aliphatic rings. The number of benzene rings is 1. The maximum atomic E-state index is 12.5. The summed E-state index contributed by atoms with van der Waals surface area (Å²) in [5.41, 5.74) is -1.28. The first-order chi connectivity index (χ1) is 16.0. The zero-order valence-electron chi connectivity index (χ0n) is 19.6. The number of phenolic OH excluding ortho intramolecular Hbond substituents is 1. The molecule has 10 nitrogen and oxygen atoms in total. The number of nitrogens with zero attached hydrogens (tertiary/aromatic N) is 1. The zero-order valence-corrected chi connectivity index (χ0v) is 19.6. The van der Waals surface area contributed by atoms with Gasteiger partial charge in [0.1, 0.15) is 35.0 Å². The van der Waals surface area contributed by atoms with E-state index in [9.17, 15) is 19.5 Å². The molecule has 1 amide bonds. The van der Waals surface area contributed by atoms with E-state index >= 15 is 0 Å². The van der Waals surface area contributed by atoms with Crippen molar-refractivity contribution < 1.29 is 23.8 Å². The van der Waals surface area contributed by atoms with Crippen molar-refractivity contribution in [2.24, 2.45) is 0 Å². The summed E-state index contributed by atoms with van der Waals surface area (Å²) in [7, 11) is 3.13. The van der Waals surface area contributed by atoms with Gasteiger partial charge in [-0.05, 0) is 45.0 Å². The molecule has 1 unspecified atom stereocenters. The number of anilines is 3. The molecule has 0 radical (unpaired) electrons. The van der Waals surface area contributed by atoms with Crippen LogP contribution in [0.25, 0.3) is 0 Å². The molecule has 0 spiro atoms. The van der Waals surface area contributed by atoms with Crippen LogP contribution < -0.4 is 21.5 Å². The lowest BCUT2D eigenvalue weighted by Gasteiger charge is -2.26. The maximum absolute atomic E-state index is 12.5. The number of para-hydroxylation sites is 1. The minimum absolute atomic E-state index is 0.0267. The molecule has 180 valence electrons. The third-order valence-corrected chi connectivity index (χ3v) is 5.61. The van der Waals surface area contributed by atoms with Crippen LogP contribution in [0.4, 0.5) is 17.1 Å². The van der Waals surface area contributed by atoms with E-state index in [4.69, 9.17) is 13.9 Å². The SMILES string of the molecule is Cc1ccc(C(Nc2c(Nc3cccc(C(=O)N(C)C)c3O)c(=O)c2=O)[C@@H]2COC(C)(C)O2)o1. The first kappa shape index (κ1) is 23.5. The Kier molecular flexibility index (Phi) is 5.96. The number of ether oxygens (including phenoxy) is 2. The second-order valence-corrected chi connectivity index (χ2v) is 8.87. The fourth-order valence-corrected chi connectivity index (χ4v) is 3.84. The summed E-state index contributed by atoms with van der Waals surface area (Å²) in [6, 6.07) is 7.48. The topological polar surface area (TPSA) is 130 Å². The van der Waals surface area contributed by atoms with Crippen LogP contribution in [-0.4, -0.2) is 48.5 Å². The first-order valence-corrected chi connectivity index (χ1v) is 10.8. The van der Waals surface area contributed by atoms with Crippen molar-refractivity contribution in [2.45, 2.75) is 38.7 Å². The summed E-state index contributed by atoms with van der Waals surface area (Å²) in [6.45, 7) is 5.61. The van der Waals surface area contributed by atoms with Crippen LogP contribution in [0.5, 0.6) is 5.75 Å². The van der Waals surface area contributed by atoms with Crippen molar-refractivity contribution in [3.05, 3.63) is 67.9 Å². The largest absolute Gasteiger partial charge is 0.505 e. The molecule has 2 atom stereocenters. The number of nitrogens with one attached hydrogen (secondary N) is 2. The van der Waals surface area contributed by atoms with Crippen LogP contribution in [-0.2, 0) is 9.47 Å². The summed E-state index contributed by atoms with van der Waals surface area (Å²) in [4.78, 5) is 38.6. The first-order valence-electron chi connectivity index (χ1n) is 10.8. The summed E-state index contributed by atoms with van der Waals surface area (Å²) >= 11 is 0. The number of rotatable bonds is 7. The number of amides is 1. The molecule has 1 saturated heterocycles. The lowest BCUT2D eigenvalue weighted by molar-refractivity contribution is -0.140. The smallest absolute Gasteiger partial charge is 0.257 e. The predicted molar refractivity (Wildman–Crippen MR) is 125 cm³/mol. The van der Waals surface area contributed by atoms with E-state index in [1.807, 2.05) is 0 Å². The summed E-state index contributed by atoms with van der Waals surface area (Å²) < 4.78 is 17.4. The Balaban J connectivity index is 1.65. The molecule has 0 saturated carbocycles. The van der Waals surface area contributed by atoms with Gasteiger partial charge in [0, 0.05) is 14.1 Å². The van der Waals surface area contributed by atoms with Gasteiger partial charge in [-0.25, -0.2) is 0 Å². The average molecular weight is 469 g/mol. The van der Waals surface area contributed by atoms with Gasteiger partial charge < -0.3 is 34.5 Å². The lowest BCUT2D eigenvalue weighted by atomic mass is 10.1. The van der Waals surface area contributed by atoms with Crippen molar-refractivity contribution in [3.63, 3.8) is 0 Å². The van der Waals surface area contributed by atoms with Gasteiger partial charge in [0.2, 0.25) is 0 Å². The van der Waals surface area contributed by atoms with Gasteiger partial charge in [-0.2, -0.15) is 0 Å². The number of hydrogen-bond donors (Lipinski definition) is 3. The van der Waals surface area contributed by atoms with E-state index in [2.05, 4.69) is 10.6 Å². The molecule has 2 heterocycles. The molecule has 34 heavy (non-hydrogen) atoms. The Labute approximate surface area is 195 Å². The van der Waals surface area contributed by atoms with Crippen molar-refractivity contribution >= 4 is 23.0 Å². The Morgan fingerprint density at radius 2 is 1.85 bits per heavy atom. The Hall–Kier alpha value is -3.63. The van der Waals surface area contributed by atoms with E-state index in [1.54, 1.807) is 53.1 Å². The van der Waals surface area contributed by atoms with Crippen molar-refractivity contribution in [1.82, 2.24) is 4.90 Å². The van der Waals surface area contributed by atoms with Crippen LogP contribution in [0.2, 0.25) is 0 Å². The highest BCUT2D eigenvalue weighted by Crippen LogP contribution is 2.36. The van der Waals surface area contributed by atoms with Gasteiger partial charge in [0.25, 0.3) is 16.8 Å². The minimum Gasteiger partial charge on any atom is -0.505 e. The second-order valence-electron chi connectivity index (χ2n) is 8.87. The average Bonchev–Trinajstić information content (AvgIpc) is 3.38. The number of carbonyl (C=O) groups excluding carboxylic acids is 1.